The van der Waals surface area contributed by atoms with Crippen LogP contribution in [0.4, 0.5) is 16.0 Å². The van der Waals surface area contributed by atoms with Gasteiger partial charge in [0.1, 0.15) is 34.6 Å². The van der Waals surface area contributed by atoms with E-state index in [-0.39, 0.29) is 23.0 Å². The van der Waals surface area contributed by atoms with E-state index >= 15 is 0 Å². The number of rotatable bonds is 3. The summed E-state index contributed by atoms with van der Waals surface area (Å²) in [6.45, 7) is 1.46. The van der Waals surface area contributed by atoms with Gasteiger partial charge in [-0.1, -0.05) is 19.3 Å². The average Bonchev–Trinajstić information content (AvgIpc) is 3.62. The van der Waals surface area contributed by atoms with Crippen LogP contribution in [0.1, 0.15) is 37.8 Å². The summed E-state index contributed by atoms with van der Waals surface area (Å²) in [4.78, 5) is 20.8. The zero-order valence-corrected chi connectivity index (χ0v) is 19.6. The van der Waals surface area contributed by atoms with E-state index in [0.29, 0.717) is 16.9 Å². The Hall–Kier alpha value is -2.73. The smallest absolute Gasteiger partial charge is 0.162 e. The van der Waals surface area contributed by atoms with Crippen molar-refractivity contribution in [3.05, 3.63) is 46.7 Å². The standard InChI is InChI=1S/C17H15BrFN7O2S.C3H6/c1-8-16(20)25-13(6-29(8,27)28)10-3-14(21-5-11(10)19)26-17-15-12(23-7-24-17)2-9(18)4-22-15;1-2-3-1/h2-5,7-8,13H,6H2,1H3,(H2,20,25)(H,21,23,24,26);1-3H2. The van der Waals surface area contributed by atoms with Crippen LogP contribution in [0.3, 0.4) is 0 Å². The van der Waals surface area contributed by atoms with E-state index in [1.807, 2.05) is 0 Å². The Morgan fingerprint density at radius 3 is 2.56 bits per heavy atom. The maximum atomic E-state index is 14.4. The molecule has 2 aliphatic rings. The minimum atomic E-state index is -3.53. The van der Waals surface area contributed by atoms with Gasteiger partial charge in [0, 0.05) is 16.2 Å². The number of hydrogen-bond acceptors (Lipinski definition) is 9. The predicted molar refractivity (Wildman–Crippen MR) is 124 cm³/mol. The van der Waals surface area contributed by atoms with Crippen LogP contribution in [0.15, 0.2) is 40.3 Å². The molecule has 1 fully saturated rings. The highest BCUT2D eigenvalue weighted by molar-refractivity contribution is 9.10. The number of nitrogens with two attached hydrogens (primary N) is 1. The van der Waals surface area contributed by atoms with Gasteiger partial charge in [0.05, 0.1) is 23.5 Å². The van der Waals surface area contributed by atoms with Gasteiger partial charge in [-0.25, -0.2) is 32.7 Å². The molecule has 1 aliphatic heterocycles. The summed E-state index contributed by atoms with van der Waals surface area (Å²) in [5.41, 5.74) is 6.94. The number of fused-ring (bicyclic) bond motifs is 1. The van der Waals surface area contributed by atoms with Crippen LogP contribution in [-0.2, 0) is 9.84 Å². The van der Waals surface area contributed by atoms with Crippen LogP contribution in [0.2, 0.25) is 0 Å². The van der Waals surface area contributed by atoms with Gasteiger partial charge in [-0.3, -0.25) is 4.99 Å². The highest BCUT2D eigenvalue weighted by Crippen LogP contribution is 2.30. The second kappa shape index (κ2) is 9.02. The Morgan fingerprint density at radius 2 is 1.88 bits per heavy atom. The number of nitrogens with zero attached hydrogens (tertiary/aromatic N) is 5. The van der Waals surface area contributed by atoms with Crippen molar-refractivity contribution in [2.75, 3.05) is 11.1 Å². The Balaban J connectivity index is 0.000000754. The number of anilines is 2. The third kappa shape index (κ3) is 5.01. The number of sulfone groups is 1. The fraction of sp³-hybridized carbons (Fsp3) is 0.350. The Labute approximate surface area is 192 Å². The first-order valence-electron chi connectivity index (χ1n) is 9.98. The summed E-state index contributed by atoms with van der Waals surface area (Å²) in [6, 6.07) is 2.23. The van der Waals surface area contributed by atoms with Crippen LogP contribution < -0.4 is 11.1 Å². The number of hydrogen-bond donors (Lipinski definition) is 2. The molecule has 0 radical (unpaired) electrons. The molecule has 9 nitrogen and oxygen atoms in total. The molecule has 2 unspecified atom stereocenters. The van der Waals surface area contributed by atoms with E-state index in [0.717, 1.165) is 10.7 Å². The van der Waals surface area contributed by atoms with E-state index in [2.05, 4.69) is 46.2 Å². The van der Waals surface area contributed by atoms with Gasteiger partial charge in [0.25, 0.3) is 0 Å². The molecule has 0 saturated heterocycles. The molecule has 1 aliphatic carbocycles. The molecule has 0 bridgehead atoms. The van der Waals surface area contributed by atoms with E-state index in [1.165, 1.54) is 38.6 Å². The normalized spacial score (nSPS) is 21.3. The molecule has 2 atom stereocenters. The second-order valence-corrected chi connectivity index (χ2v) is 10.8. The molecule has 5 rings (SSSR count). The van der Waals surface area contributed by atoms with E-state index in [1.54, 1.807) is 12.3 Å². The van der Waals surface area contributed by atoms with Crippen LogP contribution >= 0.6 is 15.9 Å². The SMILES string of the molecule is C1CC1.CC1C(N)=NC(c2cc(Nc3ncnc4cc(Br)cnc34)ncc2F)CS1(=O)=O. The minimum Gasteiger partial charge on any atom is -0.386 e. The maximum Gasteiger partial charge on any atom is 0.162 e. The summed E-state index contributed by atoms with van der Waals surface area (Å²) in [7, 11) is -3.53. The van der Waals surface area contributed by atoms with Crippen molar-refractivity contribution in [2.24, 2.45) is 10.7 Å². The molecule has 0 spiro atoms. The minimum absolute atomic E-state index is 0.0384. The van der Waals surface area contributed by atoms with Gasteiger partial charge in [0.2, 0.25) is 0 Å². The lowest BCUT2D eigenvalue weighted by molar-refractivity contribution is 0.565. The lowest BCUT2D eigenvalue weighted by atomic mass is 10.1. The molecule has 3 aromatic heterocycles. The number of pyridine rings is 2. The van der Waals surface area contributed by atoms with Gasteiger partial charge >= 0.3 is 0 Å². The van der Waals surface area contributed by atoms with Crippen LogP contribution in [0.25, 0.3) is 11.0 Å². The molecule has 12 heteroatoms. The van der Waals surface area contributed by atoms with Crippen molar-refractivity contribution in [3.8, 4) is 0 Å². The third-order valence-electron chi connectivity index (χ3n) is 4.94. The van der Waals surface area contributed by atoms with Gasteiger partial charge in [-0.2, -0.15) is 0 Å². The topological polar surface area (TPSA) is 136 Å². The lowest BCUT2D eigenvalue weighted by Gasteiger charge is -2.24. The van der Waals surface area contributed by atoms with Gasteiger partial charge in [-0.05, 0) is 35.0 Å². The molecule has 1 saturated carbocycles. The average molecular weight is 522 g/mol. The maximum absolute atomic E-state index is 14.4. The highest BCUT2D eigenvalue weighted by Gasteiger charge is 2.35. The third-order valence-corrected chi connectivity index (χ3v) is 7.47. The summed E-state index contributed by atoms with van der Waals surface area (Å²) >= 11 is 3.33. The van der Waals surface area contributed by atoms with E-state index in [4.69, 9.17) is 5.73 Å². The zero-order chi connectivity index (χ0) is 22.9. The first kappa shape index (κ1) is 22.5. The molecule has 168 valence electrons. The first-order valence-corrected chi connectivity index (χ1v) is 12.5. The zero-order valence-electron chi connectivity index (χ0n) is 17.2. The highest BCUT2D eigenvalue weighted by atomic mass is 79.9. The summed E-state index contributed by atoms with van der Waals surface area (Å²) in [5, 5.41) is 2.09. The molecule has 32 heavy (non-hydrogen) atoms. The number of amidine groups is 1. The van der Waals surface area contributed by atoms with Crippen molar-refractivity contribution in [3.63, 3.8) is 0 Å². The van der Waals surface area contributed by atoms with Crippen molar-refractivity contribution < 1.29 is 12.8 Å². The fourth-order valence-corrected chi connectivity index (χ4v) is 4.67. The van der Waals surface area contributed by atoms with Crippen molar-refractivity contribution >= 4 is 54.3 Å². The van der Waals surface area contributed by atoms with Crippen molar-refractivity contribution in [1.82, 2.24) is 19.9 Å². The van der Waals surface area contributed by atoms with Gasteiger partial charge in [-0.15, -0.1) is 0 Å². The monoisotopic (exact) mass is 521 g/mol. The quantitative estimate of drug-likeness (QED) is 0.534. The summed E-state index contributed by atoms with van der Waals surface area (Å²) in [6.07, 6.45) is 8.47. The lowest BCUT2D eigenvalue weighted by Crippen LogP contribution is -2.40. The fourth-order valence-electron chi connectivity index (χ4n) is 2.94. The summed E-state index contributed by atoms with van der Waals surface area (Å²) < 4.78 is 39.8. The molecule has 3 aromatic rings. The molecular weight excluding hydrogens is 501 g/mol. The van der Waals surface area contributed by atoms with Crippen LogP contribution in [-0.4, -0.2) is 45.2 Å². The number of halogens is 2. The Bertz CT molecular complexity index is 1300. The Morgan fingerprint density at radius 1 is 1.12 bits per heavy atom. The molecule has 4 heterocycles. The van der Waals surface area contributed by atoms with Crippen molar-refractivity contribution in [1.29, 1.82) is 0 Å². The molecular formula is C20H21BrFN7O2S. The first-order chi connectivity index (χ1) is 15.2. The molecule has 3 N–H and O–H groups in total. The van der Waals surface area contributed by atoms with E-state index < -0.39 is 26.9 Å². The molecule has 0 amide bonds. The van der Waals surface area contributed by atoms with Gasteiger partial charge in [0.15, 0.2) is 15.7 Å². The number of aliphatic imine (C=N–C) groups is 1. The number of nitrogens with one attached hydrogen (secondary N) is 1. The van der Waals surface area contributed by atoms with E-state index in [9.17, 15) is 12.8 Å². The van der Waals surface area contributed by atoms with Crippen LogP contribution in [0, 0.1) is 5.82 Å². The number of aromatic nitrogens is 4. The second-order valence-electron chi connectivity index (χ2n) is 7.56. The largest absolute Gasteiger partial charge is 0.386 e. The van der Waals surface area contributed by atoms with Crippen LogP contribution in [0.5, 0.6) is 0 Å². The predicted octanol–water partition coefficient (Wildman–Crippen LogP) is 3.45. The Kier molecular flexibility index (Phi) is 6.33. The van der Waals surface area contributed by atoms with Crippen molar-refractivity contribution in [2.45, 2.75) is 37.5 Å². The molecule has 0 aromatic carbocycles. The van der Waals surface area contributed by atoms with Gasteiger partial charge < -0.3 is 11.1 Å². The summed E-state index contributed by atoms with van der Waals surface area (Å²) in [5.74, 6) is -0.405.